The van der Waals surface area contributed by atoms with E-state index >= 15 is 0 Å². The first-order valence-electron chi connectivity index (χ1n) is 7.74. The van der Waals surface area contributed by atoms with Gasteiger partial charge in [-0.05, 0) is 25.0 Å². The molecule has 1 saturated heterocycles. The van der Waals surface area contributed by atoms with Crippen LogP contribution in [0.2, 0.25) is 0 Å². The number of anilines is 1. The summed E-state index contributed by atoms with van der Waals surface area (Å²) < 4.78 is 5.09. The molecule has 0 aliphatic carbocycles. The number of aryl methyl sites for hydroxylation is 1. The quantitative estimate of drug-likeness (QED) is 0.875. The lowest BCUT2D eigenvalue weighted by atomic mass is 10.1. The minimum Gasteiger partial charge on any atom is -0.383 e. The molecule has 2 amide bonds. The van der Waals surface area contributed by atoms with E-state index in [1.165, 1.54) is 0 Å². The minimum atomic E-state index is -0.295. The van der Waals surface area contributed by atoms with Crippen molar-refractivity contribution in [2.45, 2.75) is 32.7 Å². The maximum absolute atomic E-state index is 12.4. The zero-order valence-corrected chi connectivity index (χ0v) is 13.5. The summed E-state index contributed by atoms with van der Waals surface area (Å²) in [7, 11) is 1.61. The Labute approximate surface area is 131 Å². The molecule has 0 spiro atoms. The van der Waals surface area contributed by atoms with Gasteiger partial charge >= 0.3 is 0 Å². The van der Waals surface area contributed by atoms with Crippen molar-refractivity contribution in [3.05, 3.63) is 29.8 Å². The highest BCUT2D eigenvalue weighted by Gasteiger charge is 2.36. The summed E-state index contributed by atoms with van der Waals surface area (Å²) in [5, 5.41) is 2.97. The summed E-state index contributed by atoms with van der Waals surface area (Å²) in [4.78, 5) is 26.2. The summed E-state index contributed by atoms with van der Waals surface area (Å²) in [6.07, 6.45) is 1.13. The maximum Gasteiger partial charge on any atom is 0.229 e. The third-order valence-electron chi connectivity index (χ3n) is 4.13. The van der Waals surface area contributed by atoms with E-state index in [0.717, 1.165) is 17.7 Å². The Kier molecular flexibility index (Phi) is 5.55. The number of benzene rings is 1. The third-order valence-corrected chi connectivity index (χ3v) is 4.13. The zero-order valence-electron chi connectivity index (χ0n) is 13.5. The molecule has 2 atom stereocenters. The highest BCUT2D eigenvalue weighted by atomic mass is 16.5. The van der Waals surface area contributed by atoms with Crippen LogP contribution in [0.1, 0.15) is 25.8 Å². The molecule has 5 heteroatoms. The van der Waals surface area contributed by atoms with Crippen molar-refractivity contribution in [1.29, 1.82) is 0 Å². The molecule has 1 aromatic carbocycles. The molecule has 5 nitrogen and oxygen atoms in total. The molecule has 0 saturated carbocycles. The van der Waals surface area contributed by atoms with E-state index in [1.54, 1.807) is 12.0 Å². The number of ether oxygens (including phenoxy) is 1. The van der Waals surface area contributed by atoms with Crippen LogP contribution >= 0.6 is 0 Å². The van der Waals surface area contributed by atoms with E-state index in [2.05, 4.69) is 12.2 Å². The van der Waals surface area contributed by atoms with Crippen molar-refractivity contribution in [1.82, 2.24) is 4.90 Å². The molecule has 0 bridgehead atoms. The van der Waals surface area contributed by atoms with Gasteiger partial charge in [0.15, 0.2) is 0 Å². The molecular weight excluding hydrogens is 280 g/mol. The number of rotatable bonds is 6. The van der Waals surface area contributed by atoms with Gasteiger partial charge in [-0.25, -0.2) is 0 Å². The molecule has 0 radical (unpaired) electrons. The molecule has 1 heterocycles. The lowest BCUT2D eigenvalue weighted by Gasteiger charge is -2.24. The molecule has 1 N–H and O–H groups in total. The second-order valence-electron chi connectivity index (χ2n) is 5.75. The largest absolute Gasteiger partial charge is 0.383 e. The van der Waals surface area contributed by atoms with Gasteiger partial charge in [-0.15, -0.1) is 0 Å². The summed E-state index contributed by atoms with van der Waals surface area (Å²) in [6.45, 7) is 4.94. The van der Waals surface area contributed by atoms with Gasteiger partial charge in [-0.3, -0.25) is 9.59 Å². The number of para-hydroxylation sites is 1. The maximum atomic E-state index is 12.4. The van der Waals surface area contributed by atoms with Crippen LogP contribution in [-0.4, -0.2) is 43.0 Å². The smallest absolute Gasteiger partial charge is 0.229 e. The number of hydrogen-bond donors (Lipinski definition) is 1. The van der Waals surface area contributed by atoms with Crippen molar-refractivity contribution < 1.29 is 14.3 Å². The second kappa shape index (κ2) is 7.40. The molecule has 0 aromatic heterocycles. The molecule has 1 aromatic rings. The average Bonchev–Trinajstić information content (AvgIpc) is 2.90. The van der Waals surface area contributed by atoms with Crippen LogP contribution in [0.25, 0.3) is 0 Å². The monoisotopic (exact) mass is 304 g/mol. The van der Waals surface area contributed by atoms with E-state index in [-0.39, 0.29) is 30.2 Å². The van der Waals surface area contributed by atoms with Crippen LogP contribution in [0.3, 0.4) is 0 Å². The van der Waals surface area contributed by atoms with Crippen molar-refractivity contribution in [2.24, 2.45) is 5.92 Å². The fourth-order valence-corrected chi connectivity index (χ4v) is 2.85. The Hall–Kier alpha value is -1.88. The van der Waals surface area contributed by atoms with Crippen molar-refractivity contribution >= 4 is 17.5 Å². The van der Waals surface area contributed by atoms with Crippen LogP contribution in [0.4, 0.5) is 5.69 Å². The van der Waals surface area contributed by atoms with E-state index in [0.29, 0.717) is 13.2 Å². The highest BCUT2D eigenvalue weighted by molar-refractivity contribution is 5.97. The number of nitrogens with one attached hydrogen (secondary N) is 1. The Morgan fingerprint density at radius 2 is 2.18 bits per heavy atom. The molecular formula is C17H24N2O3. The highest BCUT2D eigenvalue weighted by Crippen LogP contribution is 2.23. The number of methoxy groups -OCH3 is 1. The number of carbonyl (C=O) groups is 2. The number of nitrogens with zero attached hydrogens (tertiary/aromatic N) is 1. The topological polar surface area (TPSA) is 58.6 Å². The van der Waals surface area contributed by atoms with Crippen LogP contribution in [0.15, 0.2) is 24.3 Å². The van der Waals surface area contributed by atoms with Gasteiger partial charge in [0.2, 0.25) is 11.8 Å². The van der Waals surface area contributed by atoms with Gasteiger partial charge in [-0.1, -0.05) is 25.1 Å². The van der Waals surface area contributed by atoms with Gasteiger partial charge < -0.3 is 15.0 Å². The Morgan fingerprint density at radius 3 is 2.86 bits per heavy atom. The SMILES string of the molecule is CCc1ccccc1NC(=O)[C@@H]1CC(=O)N([C@@H](C)COC)C1. The first-order valence-corrected chi connectivity index (χ1v) is 7.74. The van der Waals surface area contributed by atoms with E-state index in [9.17, 15) is 9.59 Å². The van der Waals surface area contributed by atoms with Crippen LogP contribution in [-0.2, 0) is 20.7 Å². The average molecular weight is 304 g/mol. The van der Waals surface area contributed by atoms with Crippen LogP contribution in [0, 0.1) is 5.92 Å². The third kappa shape index (κ3) is 3.65. The second-order valence-corrected chi connectivity index (χ2v) is 5.75. The first kappa shape index (κ1) is 16.5. The summed E-state index contributed by atoms with van der Waals surface area (Å²) in [5.74, 6) is -0.355. The van der Waals surface area contributed by atoms with Gasteiger partial charge in [-0.2, -0.15) is 0 Å². The fraction of sp³-hybridized carbons (Fsp3) is 0.529. The molecule has 1 fully saturated rings. The minimum absolute atomic E-state index is 0.00164. The van der Waals surface area contributed by atoms with E-state index in [1.807, 2.05) is 31.2 Å². The number of carbonyl (C=O) groups excluding carboxylic acids is 2. The number of amides is 2. The normalized spacial score (nSPS) is 19.3. The number of hydrogen-bond acceptors (Lipinski definition) is 3. The van der Waals surface area contributed by atoms with Crippen LogP contribution in [0.5, 0.6) is 0 Å². The van der Waals surface area contributed by atoms with Crippen molar-refractivity contribution in [2.75, 3.05) is 25.6 Å². The lowest BCUT2D eigenvalue weighted by Crippen LogP contribution is -2.38. The van der Waals surface area contributed by atoms with Gasteiger partial charge in [0.1, 0.15) is 0 Å². The Balaban J connectivity index is 2.01. The van der Waals surface area contributed by atoms with E-state index < -0.39 is 0 Å². The van der Waals surface area contributed by atoms with Gasteiger partial charge in [0.05, 0.1) is 18.6 Å². The molecule has 1 aliphatic heterocycles. The first-order chi connectivity index (χ1) is 10.6. The Bertz CT molecular complexity index is 544. The lowest BCUT2D eigenvalue weighted by molar-refractivity contribution is -0.130. The molecule has 0 unspecified atom stereocenters. The zero-order chi connectivity index (χ0) is 16.1. The molecule has 120 valence electrons. The molecule has 2 rings (SSSR count). The fourth-order valence-electron chi connectivity index (χ4n) is 2.85. The van der Waals surface area contributed by atoms with Gasteiger partial charge in [0, 0.05) is 25.8 Å². The standard InChI is InChI=1S/C17H24N2O3/c1-4-13-7-5-6-8-15(13)18-17(21)14-9-16(20)19(10-14)12(2)11-22-3/h5-8,12,14H,4,9-11H2,1-3H3,(H,18,21)/t12-,14+/m0/s1. The summed E-state index contributed by atoms with van der Waals surface area (Å²) in [6, 6.07) is 7.77. The molecule has 22 heavy (non-hydrogen) atoms. The number of likely N-dealkylation sites (tertiary alicyclic amines) is 1. The summed E-state index contributed by atoms with van der Waals surface area (Å²) >= 11 is 0. The molecule has 1 aliphatic rings. The van der Waals surface area contributed by atoms with Crippen molar-refractivity contribution in [3.8, 4) is 0 Å². The van der Waals surface area contributed by atoms with Crippen molar-refractivity contribution in [3.63, 3.8) is 0 Å². The Morgan fingerprint density at radius 1 is 1.45 bits per heavy atom. The van der Waals surface area contributed by atoms with Gasteiger partial charge in [0.25, 0.3) is 0 Å². The predicted octanol–water partition coefficient (Wildman–Crippen LogP) is 2.07. The van der Waals surface area contributed by atoms with E-state index in [4.69, 9.17) is 4.74 Å². The predicted molar refractivity (Wildman–Crippen MR) is 85.6 cm³/mol. The summed E-state index contributed by atoms with van der Waals surface area (Å²) in [5.41, 5.74) is 1.94. The van der Waals surface area contributed by atoms with Crippen LogP contribution < -0.4 is 5.32 Å².